The normalized spacial score (nSPS) is 13.4. The van der Waals surface area contributed by atoms with E-state index < -0.39 is 7.82 Å². The summed E-state index contributed by atoms with van der Waals surface area (Å²) < 4.78 is 14.5. The topological polar surface area (TPSA) is 66.8 Å². The third-order valence-electron chi connectivity index (χ3n) is 0.907. The fourth-order valence-electron chi connectivity index (χ4n) is 0.474. The molecule has 0 unspecified atom stereocenters. The van der Waals surface area contributed by atoms with Gasteiger partial charge in [0.2, 0.25) is 0 Å². The zero-order chi connectivity index (χ0) is 8.20. The fraction of sp³-hybridized carbons (Fsp3) is 0.600. The Morgan fingerprint density at radius 1 is 1.70 bits per heavy atom. The molecule has 10 heavy (non-hydrogen) atoms. The van der Waals surface area contributed by atoms with Crippen LogP contribution < -0.4 is 0 Å². The molecule has 5 heteroatoms. The summed E-state index contributed by atoms with van der Waals surface area (Å²) in [6, 6.07) is 0. The highest BCUT2D eigenvalue weighted by Crippen LogP contribution is 2.39. The second-order valence-corrected chi connectivity index (χ2v) is 2.85. The van der Waals surface area contributed by atoms with Gasteiger partial charge in [-0.05, 0) is 13.0 Å². The molecule has 0 spiro atoms. The summed E-state index contributed by atoms with van der Waals surface area (Å²) in [5, 5.41) is 0. The molecule has 0 rings (SSSR count). The Balaban J connectivity index is 4.02. The van der Waals surface area contributed by atoms with Crippen molar-refractivity contribution in [2.24, 2.45) is 0 Å². The highest BCUT2D eigenvalue weighted by atomic mass is 31.2. The van der Waals surface area contributed by atoms with Crippen molar-refractivity contribution in [3.05, 3.63) is 11.8 Å². The third-order valence-corrected chi connectivity index (χ3v) is 1.38. The minimum atomic E-state index is -4.32. The number of hydrogen-bond acceptors (Lipinski definition) is 2. The van der Waals surface area contributed by atoms with Gasteiger partial charge in [-0.15, -0.1) is 0 Å². The smallest absolute Gasteiger partial charge is 0.409 e. The minimum absolute atomic E-state index is 0.313. The first kappa shape index (κ1) is 9.69. The maximum Gasteiger partial charge on any atom is 0.524 e. The molecular weight excluding hydrogens is 155 g/mol. The van der Waals surface area contributed by atoms with Crippen molar-refractivity contribution in [2.75, 3.05) is 0 Å². The van der Waals surface area contributed by atoms with Gasteiger partial charge in [-0.3, -0.25) is 9.79 Å². The van der Waals surface area contributed by atoms with Crippen molar-refractivity contribution in [3.63, 3.8) is 0 Å². The summed E-state index contributed by atoms with van der Waals surface area (Å²) in [5.41, 5.74) is 0. The molecule has 0 aromatic carbocycles. The number of allylic oxidation sites excluding steroid dienone is 2. The molecule has 0 atom stereocenters. The van der Waals surface area contributed by atoms with E-state index in [4.69, 9.17) is 9.79 Å². The van der Waals surface area contributed by atoms with Crippen molar-refractivity contribution < 1.29 is 18.9 Å². The van der Waals surface area contributed by atoms with Crippen LogP contribution in [0.5, 0.6) is 0 Å². The lowest BCUT2D eigenvalue weighted by atomic mass is 10.4. The van der Waals surface area contributed by atoms with E-state index in [1.165, 1.54) is 6.08 Å². The number of hydrogen-bond donors (Lipinski definition) is 2. The van der Waals surface area contributed by atoms with Crippen LogP contribution in [0, 0.1) is 0 Å². The standard InChI is InChI=1S/C5H11O4P/c1-3-5(4-2)9-10(6,7)8/h3H,4H2,1-2H3,(H2,6,7,8)/b5-3+. The molecule has 2 N–H and O–H groups in total. The van der Waals surface area contributed by atoms with Crippen molar-refractivity contribution in [1.29, 1.82) is 0 Å². The van der Waals surface area contributed by atoms with Crippen LogP contribution in [0.25, 0.3) is 0 Å². The van der Waals surface area contributed by atoms with Crippen LogP contribution in [-0.4, -0.2) is 9.79 Å². The van der Waals surface area contributed by atoms with Crippen LogP contribution in [0.4, 0.5) is 0 Å². The summed E-state index contributed by atoms with van der Waals surface area (Å²) in [7, 11) is -4.32. The first-order valence-electron chi connectivity index (χ1n) is 2.90. The van der Waals surface area contributed by atoms with Gasteiger partial charge >= 0.3 is 7.82 Å². The largest absolute Gasteiger partial charge is 0.524 e. The predicted octanol–water partition coefficient (Wildman–Crippen LogP) is 1.41. The molecule has 4 nitrogen and oxygen atoms in total. The first-order valence-corrected chi connectivity index (χ1v) is 4.43. The van der Waals surface area contributed by atoms with E-state index in [-0.39, 0.29) is 0 Å². The van der Waals surface area contributed by atoms with E-state index >= 15 is 0 Å². The maximum absolute atomic E-state index is 10.2. The SMILES string of the molecule is C/C=C(\CC)OP(=O)(O)O. The predicted molar refractivity (Wildman–Crippen MR) is 37.2 cm³/mol. The van der Waals surface area contributed by atoms with Crippen molar-refractivity contribution >= 4 is 7.82 Å². The van der Waals surface area contributed by atoms with Gasteiger partial charge in [0.15, 0.2) is 0 Å². The van der Waals surface area contributed by atoms with Crippen molar-refractivity contribution in [2.45, 2.75) is 20.3 Å². The zero-order valence-corrected chi connectivity index (χ0v) is 6.84. The Labute approximate surface area is 59.8 Å². The molecule has 0 saturated carbocycles. The number of rotatable bonds is 3. The Morgan fingerprint density at radius 3 is 2.30 bits per heavy atom. The van der Waals surface area contributed by atoms with E-state index in [0.717, 1.165) is 0 Å². The van der Waals surface area contributed by atoms with Crippen LogP contribution >= 0.6 is 7.82 Å². The molecule has 0 heterocycles. The number of phosphoric acid groups is 1. The van der Waals surface area contributed by atoms with Gasteiger partial charge in [0.1, 0.15) is 5.76 Å². The van der Waals surface area contributed by atoms with Crippen LogP contribution in [-0.2, 0) is 9.09 Å². The van der Waals surface area contributed by atoms with Crippen molar-refractivity contribution in [1.82, 2.24) is 0 Å². The van der Waals surface area contributed by atoms with Gasteiger partial charge in [-0.1, -0.05) is 6.92 Å². The molecule has 0 bridgehead atoms. The summed E-state index contributed by atoms with van der Waals surface area (Å²) in [6.07, 6.45) is 2.01. The Hall–Kier alpha value is -0.310. The summed E-state index contributed by atoms with van der Waals surface area (Å²) in [6.45, 7) is 3.42. The molecule has 0 aliphatic rings. The lowest BCUT2D eigenvalue weighted by Crippen LogP contribution is -1.87. The summed E-state index contributed by atoms with van der Waals surface area (Å²) >= 11 is 0. The Morgan fingerprint density at radius 2 is 2.20 bits per heavy atom. The summed E-state index contributed by atoms with van der Waals surface area (Å²) in [5.74, 6) is 0.313. The third kappa shape index (κ3) is 4.56. The first-order chi connectivity index (χ1) is 4.49. The molecule has 0 radical (unpaired) electrons. The average molecular weight is 166 g/mol. The lowest BCUT2D eigenvalue weighted by Gasteiger charge is -2.07. The van der Waals surface area contributed by atoms with E-state index in [2.05, 4.69) is 4.52 Å². The Kier molecular flexibility index (Phi) is 3.64. The highest BCUT2D eigenvalue weighted by molar-refractivity contribution is 7.46. The maximum atomic E-state index is 10.2. The van der Waals surface area contributed by atoms with Gasteiger partial charge in [0.25, 0.3) is 0 Å². The van der Waals surface area contributed by atoms with E-state index in [1.807, 2.05) is 0 Å². The number of phosphoric ester groups is 1. The molecule has 60 valence electrons. The van der Waals surface area contributed by atoms with Crippen LogP contribution in [0.1, 0.15) is 20.3 Å². The van der Waals surface area contributed by atoms with Gasteiger partial charge in [0, 0.05) is 6.42 Å². The molecule has 0 fully saturated rings. The van der Waals surface area contributed by atoms with E-state index in [9.17, 15) is 4.57 Å². The second kappa shape index (κ2) is 3.76. The van der Waals surface area contributed by atoms with Crippen LogP contribution in [0.2, 0.25) is 0 Å². The van der Waals surface area contributed by atoms with Gasteiger partial charge in [-0.25, -0.2) is 4.57 Å². The van der Waals surface area contributed by atoms with Gasteiger partial charge < -0.3 is 4.52 Å². The minimum Gasteiger partial charge on any atom is -0.409 e. The summed E-state index contributed by atoms with van der Waals surface area (Å²) in [4.78, 5) is 16.6. The molecule has 0 aliphatic carbocycles. The van der Waals surface area contributed by atoms with E-state index in [0.29, 0.717) is 12.2 Å². The monoisotopic (exact) mass is 166 g/mol. The Bertz CT molecular complexity index is 168. The molecule has 0 aromatic heterocycles. The molecule has 0 amide bonds. The van der Waals surface area contributed by atoms with Gasteiger partial charge in [-0.2, -0.15) is 0 Å². The van der Waals surface area contributed by atoms with Crippen molar-refractivity contribution in [3.8, 4) is 0 Å². The second-order valence-electron chi connectivity index (χ2n) is 1.69. The molecule has 0 saturated heterocycles. The molecule has 0 aliphatic heterocycles. The lowest BCUT2D eigenvalue weighted by molar-refractivity contribution is 0.237. The highest BCUT2D eigenvalue weighted by Gasteiger charge is 2.15. The van der Waals surface area contributed by atoms with Crippen LogP contribution in [0.3, 0.4) is 0 Å². The van der Waals surface area contributed by atoms with Crippen LogP contribution in [0.15, 0.2) is 11.8 Å². The molecule has 0 aromatic rings. The average Bonchev–Trinajstić information content (AvgIpc) is 1.81. The van der Waals surface area contributed by atoms with E-state index in [1.54, 1.807) is 13.8 Å². The quantitative estimate of drug-likeness (QED) is 0.491. The fourth-order valence-corrected chi connectivity index (χ4v) is 1.01. The van der Waals surface area contributed by atoms with Gasteiger partial charge in [0.05, 0.1) is 0 Å². The molecular formula is C5H11O4P. The zero-order valence-electron chi connectivity index (χ0n) is 5.94.